The highest BCUT2D eigenvalue weighted by Gasteiger charge is 2.48. The summed E-state index contributed by atoms with van der Waals surface area (Å²) in [5.74, 6) is 0.172. The summed E-state index contributed by atoms with van der Waals surface area (Å²) in [6.07, 6.45) is 5.57. The number of halogens is 1. The van der Waals surface area contributed by atoms with E-state index in [0.717, 1.165) is 24.1 Å². The van der Waals surface area contributed by atoms with Gasteiger partial charge in [0.1, 0.15) is 23.7 Å². The first-order valence-electron chi connectivity index (χ1n) is 18.1. The first kappa shape index (κ1) is 43.6. The average Bonchev–Trinajstić information content (AvgIpc) is 3.13. The molecule has 10 nitrogen and oxygen atoms in total. The van der Waals surface area contributed by atoms with Crippen LogP contribution in [0.1, 0.15) is 71.4 Å². The molecule has 0 aliphatic carbocycles. The van der Waals surface area contributed by atoms with Crippen molar-refractivity contribution in [3.63, 3.8) is 0 Å². The summed E-state index contributed by atoms with van der Waals surface area (Å²) in [6, 6.07) is 22.7. The van der Waals surface area contributed by atoms with E-state index in [1.807, 2.05) is 92.1 Å². The molecule has 0 fully saturated rings. The van der Waals surface area contributed by atoms with Gasteiger partial charge in [-0.05, 0) is 70.7 Å². The van der Waals surface area contributed by atoms with Gasteiger partial charge in [0.25, 0.3) is 0 Å². The summed E-state index contributed by atoms with van der Waals surface area (Å²) in [7, 11) is 0. The van der Waals surface area contributed by atoms with Crippen LogP contribution in [0.5, 0.6) is 5.75 Å². The van der Waals surface area contributed by atoms with E-state index in [9.17, 15) is 14.7 Å². The van der Waals surface area contributed by atoms with Gasteiger partial charge in [0.2, 0.25) is 0 Å². The first-order valence-corrected chi connectivity index (χ1v) is 18.9. The van der Waals surface area contributed by atoms with E-state index >= 15 is 0 Å². The number of hydrogen-bond donors (Lipinski definition) is 2. The molecule has 3 rings (SSSR count). The number of ether oxygens (including phenoxy) is 5. The Labute approximate surface area is 323 Å². The number of carbonyl (C=O) groups excluding carboxylic acids is 2. The molecule has 11 heteroatoms. The summed E-state index contributed by atoms with van der Waals surface area (Å²) < 4.78 is 29.8. The van der Waals surface area contributed by atoms with Crippen molar-refractivity contribution < 1.29 is 48.1 Å². The van der Waals surface area contributed by atoms with Crippen LogP contribution < -0.4 is 9.30 Å². The zero-order chi connectivity index (χ0) is 39.0. The zero-order valence-corrected chi connectivity index (χ0v) is 33.4. The minimum atomic E-state index is -1.15. The molecule has 2 aromatic carbocycles. The highest BCUT2D eigenvalue weighted by atomic mass is 79.9. The van der Waals surface area contributed by atoms with E-state index in [1.54, 1.807) is 27.7 Å². The molecule has 0 bridgehead atoms. The number of rotatable bonds is 24. The number of nitrogens with zero attached hydrogens (tertiary/aromatic N) is 1. The van der Waals surface area contributed by atoms with Crippen molar-refractivity contribution in [2.75, 3.05) is 46.2 Å². The molecule has 0 radical (unpaired) electrons. The van der Waals surface area contributed by atoms with E-state index in [0.29, 0.717) is 31.1 Å². The largest absolute Gasteiger partial charge is 0.497 e. The van der Waals surface area contributed by atoms with Gasteiger partial charge in [-0.3, -0.25) is 9.59 Å². The van der Waals surface area contributed by atoms with E-state index < -0.39 is 32.7 Å². The lowest BCUT2D eigenvalue weighted by atomic mass is 9.69. The number of aliphatic hydroxyl groups is 2. The number of pyridine rings is 1. The molecular formula is C42H57BrNO9+. The van der Waals surface area contributed by atoms with Crippen LogP contribution in [0.4, 0.5) is 0 Å². The molecule has 53 heavy (non-hydrogen) atoms. The Hall–Kier alpha value is -3.77. The van der Waals surface area contributed by atoms with Crippen LogP contribution >= 0.6 is 15.9 Å². The molecule has 0 aliphatic heterocycles. The number of aryl methyl sites for hydroxylation is 1. The maximum atomic E-state index is 13.7. The fourth-order valence-electron chi connectivity index (χ4n) is 6.21. The highest BCUT2D eigenvalue weighted by Crippen LogP contribution is 2.46. The van der Waals surface area contributed by atoms with Gasteiger partial charge >= 0.3 is 11.9 Å². The van der Waals surface area contributed by atoms with Gasteiger partial charge in [-0.2, -0.15) is 0 Å². The van der Waals surface area contributed by atoms with Crippen molar-refractivity contribution in [2.45, 2.75) is 76.8 Å². The van der Waals surface area contributed by atoms with E-state index in [2.05, 4.69) is 27.1 Å². The van der Waals surface area contributed by atoms with Crippen LogP contribution in [0.25, 0.3) is 0 Å². The predicted molar refractivity (Wildman–Crippen MR) is 206 cm³/mol. The Balaban J connectivity index is 1.55. The number of aliphatic hydroxyl groups excluding tert-OH is 1. The van der Waals surface area contributed by atoms with Crippen LogP contribution in [0, 0.1) is 10.8 Å². The molecular weight excluding hydrogens is 742 g/mol. The van der Waals surface area contributed by atoms with Gasteiger partial charge in [0.05, 0.1) is 54.8 Å². The molecule has 1 aromatic heterocycles. The number of hydrogen-bond acceptors (Lipinski definition) is 9. The number of allylic oxidation sites excluding steroid dienone is 1. The van der Waals surface area contributed by atoms with Crippen molar-refractivity contribution in [1.82, 2.24) is 0 Å². The second kappa shape index (κ2) is 20.6. The predicted octanol–water partition coefficient (Wildman–Crippen LogP) is 6.68. The van der Waals surface area contributed by atoms with E-state index in [1.165, 1.54) is 0 Å². The maximum absolute atomic E-state index is 13.7. The number of benzene rings is 2. The normalized spacial score (nSPS) is 14.9. The Morgan fingerprint density at radius 2 is 1.32 bits per heavy atom. The van der Waals surface area contributed by atoms with Crippen molar-refractivity contribution in [3.8, 4) is 5.75 Å². The standard InChI is InChI=1S/C42H57BrNO9/c1-33(50-25-13-23-44-21-11-8-12-22-44)41(5,43)32-40(4,38(47)53-30-29-49-28-24-45)31-39(2,3)37(46)52-27-14-26-51-36-19-17-35(18-20-36)42(6,48)34-15-9-7-10-16-34/h7-12,15-22,45,48H,1,13-14,23-32H2,2-6H3/q+1. The summed E-state index contributed by atoms with van der Waals surface area (Å²) in [6.45, 7) is 14.9. The monoisotopic (exact) mass is 798 g/mol. The lowest BCUT2D eigenvalue weighted by molar-refractivity contribution is -0.697. The lowest BCUT2D eigenvalue weighted by Gasteiger charge is -2.39. The number of aromatic nitrogens is 1. The molecule has 2 N–H and O–H groups in total. The molecule has 290 valence electrons. The van der Waals surface area contributed by atoms with E-state index in [-0.39, 0.29) is 45.9 Å². The molecule has 0 spiro atoms. The van der Waals surface area contributed by atoms with Gasteiger partial charge in [-0.15, -0.1) is 0 Å². The van der Waals surface area contributed by atoms with Gasteiger partial charge in [0, 0.05) is 25.0 Å². The third-order valence-electron chi connectivity index (χ3n) is 9.03. The van der Waals surface area contributed by atoms with Crippen LogP contribution in [-0.2, 0) is 40.7 Å². The van der Waals surface area contributed by atoms with Gasteiger partial charge in [-0.1, -0.05) is 71.0 Å². The first-order chi connectivity index (χ1) is 25.1. The molecule has 3 atom stereocenters. The minimum absolute atomic E-state index is 0.00195. The van der Waals surface area contributed by atoms with Crippen LogP contribution in [0.3, 0.4) is 0 Å². The van der Waals surface area contributed by atoms with Crippen molar-refractivity contribution in [2.24, 2.45) is 10.8 Å². The fourth-order valence-corrected chi connectivity index (χ4v) is 6.94. The van der Waals surface area contributed by atoms with Gasteiger partial charge in [-0.25, -0.2) is 4.57 Å². The zero-order valence-electron chi connectivity index (χ0n) is 31.9. The highest BCUT2D eigenvalue weighted by molar-refractivity contribution is 9.10. The third kappa shape index (κ3) is 13.9. The lowest BCUT2D eigenvalue weighted by Crippen LogP contribution is -2.43. The Bertz CT molecular complexity index is 1560. The Kier molecular flexibility index (Phi) is 17.0. The smallest absolute Gasteiger partial charge is 0.311 e. The number of carbonyl (C=O) groups is 2. The maximum Gasteiger partial charge on any atom is 0.311 e. The molecule has 3 unspecified atom stereocenters. The van der Waals surface area contributed by atoms with Crippen molar-refractivity contribution in [1.29, 1.82) is 0 Å². The quantitative estimate of drug-likeness (QED) is 0.0336. The molecule has 0 aliphatic rings. The Morgan fingerprint density at radius 3 is 1.98 bits per heavy atom. The average molecular weight is 800 g/mol. The second-order valence-electron chi connectivity index (χ2n) is 14.5. The van der Waals surface area contributed by atoms with Gasteiger partial charge < -0.3 is 33.9 Å². The summed E-state index contributed by atoms with van der Waals surface area (Å²) in [5.41, 5.74) is -1.80. The second-order valence-corrected chi connectivity index (χ2v) is 16.3. The number of alkyl halides is 1. The Morgan fingerprint density at radius 1 is 0.717 bits per heavy atom. The van der Waals surface area contributed by atoms with Crippen LogP contribution in [0.2, 0.25) is 0 Å². The molecule has 0 amide bonds. The third-order valence-corrected chi connectivity index (χ3v) is 9.76. The SMILES string of the molecule is C=C(OCCC[n+]1ccccc1)C(C)(Br)CC(C)(CC(C)(C)C(=O)OCCCOc1ccc(C(C)(O)c2ccccc2)cc1)C(=O)OCCOCCO. The topological polar surface area (TPSA) is 125 Å². The molecule has 3 aromatic rings. The molecule has 0 saturated carbocycles. The summed E-state index contributed by atoms with van der Waals surface area (Å²) in [4.78, 5) is 27.1. The van der Waals surface area contributed by atoms with Crippen LogP contribution in [0.15, 0.2) is 97.5 Å². The summed E-state index contributed by atoms with van der Waals surface area (Å²) in [5, 5.41) is 20.1. The molecule has 0 saturated heterocycles. The number of esters is 2. The van der Waals surface area contributed by atoms with Crippen LogP contribution in [-0.4, -0.2) is 72.7 Å². The summed E-state index contributed by atoms with van der Waals surface area (Å²) >= 11 is 3.77. The van der Waals surface area contributed by atoms with Gasteiger partial charge in [0.15, 0.2) is 18.9 Å². The fraction of sp³-hybridized carbons (Fsp3) is 0.500. The van der Waals surface area contributed by atoms with E-state index in [4.69, 9.17) is 28.8 Å². The minimum Gasteiger partial charge on any atom is -0.497 e. The molecule has 1 heterocycles. The van der Waals surface area contributed by atoms with Crippen molar-refractivity contribution >= 4 is 27.9 Å². The van der Waals surface area contributed by atoms with Crippen molar-refractivity contribution in [3.05, 3.63) is 109 Å².